The van der Waals surface area contributed by atoms with Crippen molar-refractivity contribution >= 4 is 0 Å². The molecule has 0 fully saturated rings. The first-order chi connectivity index (χ1) is 7.43. The fraction of sp³-hybridized carbons (Fsp3) is 0.600. The van der Waals surface area contributed by atoms with Crippen LogP contribution in [0.25, 0.3) is 0 Å². The van der Waals surface area contributed by atoms with Crippen molar-refractivity contribution in [2.24, 2.45) is 5.41 Å². The van der Waals surface area contributed by atoms with Gasteiger partial charge in [-0.05, 0) is 24.3 Å². The second-order valence-electron chi connectivity index (χ2n) is 5.69. The van der Waals surface area contributed by atoms with Crippen LogP contribution in [-0.2, 0) is 6.54 Å². The van der Waals surface area contributed by atoms with Crippen LogP contribution in [0.5, 0.6) is 0 Å². The highest BCUT2D eigenvalue weighted by Crippen LogP contribution is 2.21. The summed E-state index contributed by atoms with van der Waals surface area (Å²) in [6.45, 7) is 12.2. The molecule has 0 saturated carbocycles. The van der Waals surface area contributed by atoms with Crippen molar-refractivity contribution in [3.63, 3.8) is 0 Å². The van der Waals surface area contributed by atoms with E-state index in [2.05, 4.69) is 64.2 Å². The largest absolute Gasteiger partial charge is 0.309 e. The van der Waals surface area contributed by atoms with Crippen molar-refractivity contribution in [3.05, 3.63) is 35.4 Å². The molecule has 0 spiro atoms. The third kappa shape index (κ3) is 3.97. The molecular formula is C15H25N. The summed E-state index contributed by atoms with van der Waals surface area (Å²) >= 11 is 0. The Bertz CT molecular complexity index is 305. The van der Waals surface area contributed by atoms with Crippen molar-refractivity contribution in [3.8, 4) is 0 Å². The maximum Gasteiger partial charge on any atom is 0.0208 e. The molecule has 0 bridgehead atoms. The van der Waals surface area contributed by atoms with Gasteiger partial charge in [-0.1, -0.05) is 57.5 Å². The van der Waals surface area contributed by atoms with Gasteiger partial charge >= 0.3 is 0 Å². The average Bonchev–Trinajstić information content (AvgIpc) is 2.19. The van der Waals surface area contributed by atoms with E-state index < -0.39 is 0 Å². The molecule has 0 radical (unpaired) electrons. The standard InChI is InChI=1S/C15H25N/c1-6-14(15(3,4)5)16-11-13-9-7-12(2)8-10-13/h7-10,14,16H,6,11H2,1-5H3. The van der Waals surface area contributed by atoms with Crippen LogP contribution in [-0.4, -0.2) is 6.04 Å². The van der Waals surface area contributed by atoms with Crippen molar-refractivity contribution < 1.29 is 0 Å². The summed E-state index contributed by atoms with van der Waals surface area (Å²) in [6, 6.07) is 9.34. The Morgan fingerprint density at radius 3 is 2.12 bits per heavy atom. The van der Waals surface area contributed by atoms with Crippen LogP contribution >= 0.6 is 0 Å². The molecule has 1 rings (SSSR count). The Morgan fingerprint density at radius 2 is 1.69 bits per heavy atom. The molecule has 90 valence electrons. The summed E-state index contributed by atoms with van der Waals surface area (Å²) in [5.41, 5.74) is 3.03. The second kappa shape index (κ2) is 5.49. The Hall–Kier alpha value is -0.820. The molecule has 1 aromatic carbocycles. The van der Waals surface area contributed by atoms with Gasteiger partial charge < -0.3 is 5.32 Å². The predicted octanol–water partition coefficient (Wildman–Crippen LogP) is 3.91. The van der Waals surface area contributed by atoms with Crippen molar-refractivity contribution in [1.82, 2.24) is 5.32 Å². The number of rotatable bonds is 4. The minimum atomic E-state index is 0.333. The lowest BCUT2D eigenvalue weighted by atomic mass is 9.85. The van der Waals surface area contributed by atoms with Crippen LogP contribution in [0.4, 0.5) is 0 Å². The smallest absolute Gasteiger partial charge is 0.0208 e. The zero-order valence-electron chi connectivity index (χ0n) is 11.3. The Kier molecular flexibility index (Phi) is 4.55. The van der Waals surface area contributed by atoms with E-state index in [9.17, 15) is 0 Å². The fourth-order valence-electron chi connectivity index (χ4n) is 2.01. The summed E-state index contributed by atoms with van der Waals surface area (Å²) in [5, 5.41) is 3.65. The lowest BCUT2D eigenvalue weighted by molar-refractivity contribution is 0.259. The zero-order valence-corrected chi connectivity index (χ0v) is 11.3. The molecular weight excluding hydrogens is 194 g/mol. The van der Waals surface area contributed by atoms with E-state index in [-0.39, 0.29) is 0 Å². The van der Waals surface area contributed by atoms with Gasteiger partial charge in [0, 0.05) is 12.6 Å². The summed E-state index contributed by atoms with van der Waals surface area (Å²) < 4.78 is 0. The number of benzene rings is 1. The van der Waals surface area contributed by atoms with Crippen molar-refractivity contribution in [2.75, 3.05) is 0 Å². The number of hydrogen-bond acceptors (Lipinski definition) is 1. The van der Waals surface area contributed by atoms with E-state index in [1.807, 2.05) is 0 Å². The molecule has 1 atom stereocenters. The highest BCUT2D eigenvalue weighted by Gasteiger charge is 2.21. The van der Waals surface area contributed by atoms with Gasteiger partial charge in [0.25, 0.3) is 0 Å². The molecule has 1 nitrogen and oxygen atoms in total. The normalized spacial score (nSPS) is 13.8. The average molecular weight is 219 g/mol. The van der Waals surface area contributed by atoms with E-state index >= 15 is 0 Å². The van der Waals surface area contributed by atoms with Crippen LogP contribution in [0.15, 0.2) is 24.3 Å². The summed E-state index contributed by atoms with van der Waals surface area (Å²) in [5.74, 6) is 0. The molecule has 1 aromatic rings. The summed E-state index contributed by atoms with van der Waals surface area (Å²) in [6.07, 6.45) is 1.18. The molecule has 1 heteroatoms. The minimum absolute atomic E-state index is 0.333. The van der Waals surface area contributed by atoms with Gasteiger partial charge in [-0.3, -0.25) is 0 Å². The van der Waals surface area contributed by atoms with Crippen molar-refractivity contribution in [2.45, 2.75) is 53.6 Å². The minimum Gasteiger partial charge on any atom is -0.309 e. The third-order valence-corrected chi connectivity index (χ3v) is 3.13. The Labute approximate surface area is 100 Å². The van der Waals surface area contributed by atoms with Crippen molar-refractivity contribution in [1.29, 1.82) is 0 Å². The molecule has 1 unspecified atom stereocenters. The van der Waals surface area contributed by atoms with E-state index in [4.69, 9.17) is 0 Å². The SMILES string of the molecule is CCC(NCc1ccc(C)cc1)C(C)(C)C. The molecule has 0 amide bonds. The topological polar surface area (TPSA) is 12.0 Å². The number of nitrogens with one attached hydrogen (secondary N) is 1. The van der Waals surface area contributed by atoms with E-state index in [0.717, 1.165) is 6.54 Å². The Morgan fingerprint density at radius 1 is 1.12 bits per heavy atom. The molecule has 0 aliphatic carbocycles. The highest BCUT2D eigenvalue weighted by atomic mass is 14.9. The predicted molar refractivity (Wildman–Crippen MR) is 71.6 cm³/mol. The van der Waals surface area contributed by atoms with Gasteiger partial charge in [-0.15, -0.1) is 0 Å². The Balaban J connectivity index is 2.53. The molecule has 0 aromatic heterocycles. The second-order valence-corrected chi connectivity index (χ2v) is 5.69. The lowest BCUT2D eigenvalue weighted by Crippen LogP contribution is -2.39. The monoisotopic (exact) mass is 219 g/mol. The highest BCUT2D eigenvalue weighted by molar-refractivity contribution is 5.21. The van der Waals surface area contributed by atoms with E-state index in [0.29, 0.717) is 11.5 Å². The van der Waals surface area contributed by atoms with Gasteiger partial charge in [0.05, 0.1) is 0 Å². The van der Waals surface area contributed by atoms with Gasteiger partial charge in [0.15, 0.2) is 0 Å². The van der Waals surface area contributed by atoms with Crippen LogP contribution in [0.3, 0.4) is 0 Å². The zero-order chi connectivity index (χ0) is 12.2. The maximum atomic E-state index is 3.65. The van der Waals surface area contributed by atoms with Gasteiger partial charge in [0.1, 0.15) is 0 Å². The number of hydrogen-bond donors (Lipinski definition) is 1. The first-order valence-electron chi connectivity index (χ1n) is 6.22. The van der Waals surface area contributed by atoms with Crippen LogP contribution in [0.2, 0.25) is 0 Å². The molecule has 0 saturated heterocycles. The van der Waals surface area contributed by atoms with E-state index in [1.54, 1.807) is 0 Å². The number of aryl methyl sites for hydroxylation is 1. The van der Waals surface area contributed by atoms with Crippen LogP contribution in [0, 0.1) is 12.3 Å². The quantitative estimate of drug-likeness (QED) is 0.809. The molecule has 0 aliphatic heterocycles. The maximum absolute atomic E-state index is 3.65. The molecule has 0 heterocycles. The third-order valence-electron chi connectivity index (χ3n) is 3.13. The van der Waals surface area contributed by atoms with Gasteiger partial charge in [-0.25, -0.2) is 0 Å². The molecule has 0 aliphatic rings. The molecule has 16 heavy (non-hydrogen) atoms. The van der Waals surface area contributed by atoms with Crippen LogP contribution in [0.1, 0.15) is 45.2 Å². The first-order valence-corrected chi connectivity index (χ1v) is 6.22. The summed E-state index contributed by atoms with van der Waals surface area (Å²) in [4.78, 5) is 0. The molecule has 1 N–H and O–H groups in total. The first kappa shape index (κ1) is 13.2. The fourth-order valence-corrected chi connectivity index (χ4v) is 2.01. The van der Waals surface area contributed by atoms with E-state index in [1.165, 1.54) is 17.5 Å². The van der Waals surface area contributed by atoms with Gasteiger partial charge in [0.2, 0.25) is 0 Å². The van der Waals surface area contributed by atoms with Crippen LogP contribution < -0.4 is 5.32 Å². The lowest BCUT2D eigenvalue weighted by Gasteiger charge is -2.30. The van der Waals surface area contributed by atoms with Gasteiger partial charge in [-0.2, -0.15) is 0 Å². The summed E-state index contributed by atoms with van der Waals surface area (Å²) in [7, 11) is 0.